The van der Waals surface area contributed by atoms with E-state index in [0.29, 0.717) is 5.92 Å². The summed E-state index contributed by atoms with van der Waals surface area (Å²) in [7, 11) is 0. The van der Waals surface area contributed by atoms with E-state index >= 15 is 0 Å². The van der Waals surface area contributed by atoms with Crippen molar-refractivity contribution in [1.82, 2.24) is 0 Å². The van der Waals surface area contributed by atoms with E-state index in [-0.39, 0.29) is 0 Å². The zero-order valence-corrected chi connectivity index (χ0v) is 27.5. The lowest BCUT2D eigenvalue weighted by atomic mass is 9.81. The van der Waals surface area contributed by atoms with Crippen molar-refractivity contribution in [3.63, 3.8) is 0 Å². The van der Waals surface area contributed by atoms with Crippen LogP contribution in [0.5, 0.6) is 0 Å². The van der Waals surface area contributed by atoms with Crippen LogP contribution < -0.4 is 0 Å². The van der Waals surface area contributed by atoms with Gasteiger partial charge in [-0.15, -0.1) is 0 Å². The van der Waals surface area contributed by atoms with Gasteiger partial charge in [0.1, 0.15) is 0 Å². The van der Waals surface area contributed by atoms with Gasteiger partial charge in [0, 0.05) is 0 Å². The van der Waals surface area contributed by atoms with Crippen molar-refractivity contribution in [2.45, 2.75) is 182 Å². The molecule has 0 radical (unpaired) electrons. The van der Waals surface area contributed by atoms with Crippen molar-refractivity contribution in [3.8, 4) is 0 Å². The lowest BCUT2D eigenvalue weighted by molar-refractivity contribution is 0.375. The number of hydrogen-bond donors (Lipinski definition) is 0. The van der Waals surface area contributed by atoms with Crippen molar-refractivity contribution >= 4 is 5.57 Å². The first-order chi connectivity index (χ1) is 19.0. The first kappa shape index (κ1) is 36.0. The zero-order valence-electron chi connectivity index (χ0n) is 27.5. The van der Waals surface area contributed by atoms with Crippen LogP contribution in [0.1, 0.15) is 187 Å². The molecule has 2 atom stereocenters. The first-order valence-electron chi connectivity index (χ1n) is 17.8. The second-order valence-corrected chi connectivity index (χ2v) is 13.2. The molecule has 0 aromatic heterocycles. The van der Waals surface area contributed by atoms with Crippen LogP contribution in [-0.4, -0.2) is 0 Å². The molecule has 0 aliphatic carbocycles. The molecule has 0 N–H and O–H groups in total. The van der Waals surface area contributed by atoms with Gasteiger partial charge in [-0.05, 0) is 60.1 Å². The summed E-state index contributed by atoms with van der Waals surface area (Å²) >= 11 is 0. The number of aryl methyl sites for hydroxylation is 1. The fourth-order valence-electron chi connectivity index (χ4n) is 6.15. The Morgan fingerprint density at radius 3 is 1.36 bits per heavy atom. The van der Waals surface area contributed by atoms with Gasteiger partial charge in [0.15, 0.2) is 0 Å². The highest BCUT2D eigenvalue weighted by Gasteiger charge is 2.17. The minimum atomic E-state index is 0.638. The monoisotopic (exact) mass is 539 g/mol. The third-order valence-electron chi connectivity index (χ3n) is 9.25. The summed E-state index contributed by atoms with van der Waals surface area (Å²) in [5.41, 5.74) is 4.28. The number of allylic oxidation sites excluding steroid dienone is 1. The first-order valence-corrected chi connectivity index (χ1v) is 17.8. The second-order valence-electron chi connectivity index (χ2n) is 13.2. The maximum Gasteiger partial charge on any atom is -0.0162 e. The lowest BCUT2D eigenvalue weighted by Gasteiger charge is -2.24. The molecule has 226 valence electrons. The smallest absolute Gasteiger partial charge is 0.0162 e. The van der Waals surface area contributed by atoms with Crippen LogP contribution in [0, 0.1) is 17.8 Å². The number of benzene rings is 1. The average molecular weight is 539 g/mol. The maximum atomic E-state index is 4.69. The third-order valence-corrected chi connectivity index (χ3v) is 9.25. The van der Waals surface area contributed by atoms with Crippen LogP contribution in [-0.2, 0) is 6.42 Å². The van der Waals surface area contributed by atoms with Crippen LogP contribution in [0.4, 0.5) is 0 Å². The molecule has 0 spiro atoms. The highest BCUT2D eigenvalue weighted by atomic mass is 14.2. The molecular formula is C39H70. The molecule has 0 heterocycles. The molecular weight excluding hydrogens is 468 g/mol. The highest BCUT2D eigenvalue weighted by molar-refractivity contribution is 5.65. The average Bonchev–Trinajstić information content (AvgIpc) is 2.95. The molecule has 0 bridgehead atoms. The van der Waals surface area contributed by atoms with E-state index in [2.05, 4.69) is 58.9 Å². The SMILES string of the molecule is C=C(c1ccc(CCCC)cc1)C(CCC(C)CCCCCCCCC)CCC(C)CCCCCCCCC. The van der Waals surface area contributed by atoms with Gasteiger partial charge in [-0.25, -0.2) is 0 Å². The second kappa shape index (κ2) is 24.7. The summed E-state index contributed by atoms with van der Waals surface area (Å²) in [4.78, 5) is 0. The van der Waals surface area contributed by atoms with E-state index in [0.717, 1.165) is 11.8 Å². The van der Waals surface area contributed by atoms with Crippen molar-refractivity contribution in [2.24, 2.45) is 17.8 Å². The number of hydrogen-bond acceptors (Lipinski definition) is 0. The molecule has 39 heavy (non-hydrogen) atoms. The molecule has 0 heteroatoms. The fraction of sp³-hybridized carbons (Fsp3) is 0.795. The standard InChI is InChI=1S/C39H70/c1-7-10-13-15-17-19-21-23-34(4)26-30-38(31-27-35(5)24-22-20-18-16-14-11-8-2)36(6)39-32-28-37(29-33-39)25-12-9-3/h28-29,32-35,38H,6-27,30-31H2,1-5H3. The van der Waals surface area contributed by atoms with Gasteiger partial charge in [0.05, 0.1) is 0 Å². The summed E-state index contributed by atoms with van der Waals surface area (Å²) in [5.74, 6) is 2.33. The van der Waals surface area contributed by atoms with E-state index in [1.54, 1.807) is 0 Å². The zero-order chi connectivity index (χ0) is 28.6. The molecule has 1 aromatic carbocycles. The topological polar surface area (TPSA) is 0 Å². The minimum Gasteiger partial charge on any atom is -0.0950 e. The highest BCUT2D eigenvalue weighted by Crippen LogP contribution is 2.33. The normalized spacial score (nSPS) is 13.9. The van der Waals surface area contributed by atoms with Gasteiger partial charge < -0.3 is 0 Å². The summed E-state index contributed by atoms with van der Waals surface area (Å²) < 4.78 is 0. The molecule has 1 aromatic rings. The van der Waals surface area contributed by atoms with Gasteiger partial charge in [-0.3, -0.25) is 0 Å². The summed E-state index contributed by atoms with van der Waals surface area (Å²) in [6.07, 6.45) is 31.8. The van der Waals surface area contributed by atoms with E-state index in [4.69, 9.17) is 6.58 Å². The van der Waals surface area contributed by atoms with Gasteiger partial charge in [-0.1, -0.05) is 187 Å². The number of unbranched alkanes of at least 4 members (excludes halogenated alkanes) is 13. The minimum absolute atomic E-state index is 0.638. The van der Waals surface area contributed by atoms with E-state index < -0.39 is 0 Å². The Morgan fingerprint density at radius 1 is 0.513 bits per heavy atom. The van der Waals surface area contributed by atoms with Gasteiger partial charge in [0.2, 0.25) is 0 Å². The predicted octanol–water partition coefficient (Wildman–Crippen LogP) is 13.8. The molecule has 0 aliphatic rings. The van der Waals surface area contributed by atoms with Crippen LogP contribution in [0.25, 0.3) is 5.57 Å². The third kappa shape index (κ3) is 18.8. The lowest BCUT2D eigenvalue weighted by Crippen LogP contribution is -2.09. The molecule has 0 fully saturated rings. The fourth-order valence-corrected chi connectivity index (χ4v) is 6.15. The Morgan fingerprint density at radius 2 is 0.923 bits per heavy atom. The van der Waals surface area contributed by atoms with Crippen molar-refractivity contribution in [3.05, 3.63) is 42.0 Å². The van der Waals surface area contributed by atoms with Crippen molar-refractivity contribution in [1.29, 1.82) is 0 Å². The van der Waals surface area contributed by atoms with E-state index in [1.165, 1.54) is 164 Å². The van der Waals surface area contributed by atoms with Crippen molar-refractivity contribution < 1.29 is 0 Å². The Hall–Kier alpha value is -1.04. The van der Waals surface area contributed by atoms with Gasteiger partial charge in [0.25, 0.3) is 0 Å². The summed E-state index contributed by atoms with van der Waals surface area (Å²) in [6.45, 7) is 16.6. The van der Waals surface area contributed by atoms with Crippen molar-refractivity contribution in [2.75, 3.05) is 0 Å². The van der Waals surface area contributed by atoms with E-state index in [1.807, 2.05) is 0 Å². The Bertz CT molecular complexity index is 640. The van der Waals surface area contributed by atoms with Crippen LogP contribution in [0.3, 0.4) is 0 Å². The van der Waals surface area contributed by atoms with Crippen LogP contribution >= 0.6 is 0 Å². The molecule has 0 aliphatic heterocycles. The molecule has 0 saturated carbocycles. The number of rotatable bonds is 27. The molecule has 1 rings (SSSR count). The Kier molecular flexibility index (Phi) is 22.8. The van der Waals surface area contributed by atoms with Crippen LogP contribution in [0.15, 0.2) is 30.8 Å². The largest absolute Gasteiger partial charge is 0.0950 e. The van der Waals surface area contributed by atoms with Gasteiger partial charge >= 0.3 is 0 Å². The molecule has 2 unspecified atom stereocenters. The molecule has 0 saturated heterocycles. The van der Waals surface area contributed by atoms with E-state index in [9.17, 15) is 0 Å². The van der Waals surface area contributed by atoms with Crippen LogP contribution in [0.2, 0.25) is 0 Å². The summed E-state index contributed by atoms with van der Waals surface area (Å²) in [6, 6.07) is 9.45. The maximum absolute atomic E-state index is 4.69. The quantitative estimate of drug-likeness (QED) is 0.0977. The Balaban J connectivity index is 2.54. The summed E-state index contributed by atoms with van der Waals surface area (Å²) in [5, 5.41) is 0. The molecule has 0 nitrogen and oxygen atoms in total. The Labute approximate surface area is 247 Å². The predicted molar refractivity (Wildman–Crippen MR) is 180 cm³/mol. The molecule has 0 amide bonds. The van der Waals surface area contributed by atoms with Gasteiger partial charge in [-0.2, -0.15) is 0 Å².